The van der Waals surface area contributed by atoms with Crippen LogP contribution in [-0.4, -0.2) is 47.9 Å². The summed E-state index contributed by atoms with van der Waals surface area (Å²) in [4.78, 5) is 53.1. The average Bonchev–Trinajstić information content (AvgIpc) is 3.55. The summed E-state index contributed by atoms with van der Waals surface area (Å²) in [6, 6.07) is 12.2. The van der Waals surface area contributed by atoms with Crippen molar-refractivity contribution in [3.05, 3.63) is 59.7 Å². The van der Waals surface area contributed by atoms with E-state index in [0.29, 0.717) is 16.9 Å². The van der Waals surface area contributed by atoms with Gasteiger partial charge >= 0.3 is 12.0 Å². The van der Waals surface area contributed by atoms with Crippen molar-refractivity contribution in [3.8, 4) is 0 Å². The van der Waals surface area contributed by atoms with Crippen LogP contribution in [0.25, 0.3) is 0 Å². The van der Waals surface area contributed by atoms with Gasteiger partial charge in [0.05, 0.1) is 24.8 Å². The first kappa shape index (κ1) is 20.6. The molecule has 1 saturated carbocycles. The number of rotatable bonds is 6. The number of nitrogens with one attached hydrogen (secondary N) is 1. The Kier molecular flexibility index (Phi) is 5.46. The Labute approximate surface area is 179 Å². The van der Waals surface area contributed by atoms with E-state index < -0.39 is 17.9 Å². The number of nitrogens with zero attached hydrogens (tertiary/aromatic N) is 2. The van der Waals surface area contributed by atoms with Crippen LogP contribution < -0.4 is 10.2 Å². The molecule has 0 unspecified atom stereocenters. The van der Waals surface area contributed by atoms with Crippen molar-refractivity contribution in [1.82, 2.24) is 4.90 Å². The molecule has 8 nitrogen and oxygen atoms in total. The number of hydrogen-bond acceptors (Lipinski definition) is 5. The lowest BCUT2D eigenvalue weighted by molar-refractivity contribution is -0.124. The molecular formula is C23H23N3O5. The van der Waals surface area contributed by atoms with E-state index in [4.69, 9.17) is 0 Å². The number of benzene rings is 2. The summed E-state index contributed by atoms with van der Waals surface area (Å²) in [7, 11) is 1.30. The van der Waals surface area contributed by atoms with Gasteiger partial charge < -0.3 is 15.0 Å². The predicted octanol–water partition coefficient (Wildman–Crippen LogP) is 3.11. The number of anilines is 2. The van der Waals surface area contributed by atoms with Crippen LogP contribution in [0.4, 0.5) is 16.2 Å². The maximum absolute atomic E-state index is 13.1. The van der Waals surface area contributed by atoms with E-state index in [1.807, 2.05) is 13.0 Å². The molecule has 4 rings (SSSR count). The minimum Gasteiger partial charge on any atom is -0.465 e. The molecule has 1 heterocycles. The number of hydrogen-bond donors (Lipinski definition) is 1. The SMILES string of the molecule is COC(=O)c1ccc(NC(=O)C[C@@H]2C(=O)N(c3cccc(C)c3)C(=O)N2C2CC2)cc1. The molecule has 2 aromatic carbocycles. The lowest BCUT2D eigenvalue weighted by atomic mass is 10.1. The highest BCUT2D eigenvalue weighted by Crippen LogP contribution is 2.37. The van der Waals surface area contributed by atoms with Crippen LogP contribution in [0.1, 0.15) is 35.2 Å². The Bertz CT molecular complexity index is 1050. The monoisotopic (exact) mass is 421 g/mol. The fraction of sp³-hybridized carbons (Fsp3) is 0.304. The van der Waals surface area contributed by atoms with Crippen LogP contribution in [0.5, 0.6) is 0 Å². The van der Waals surface area contributed by atoms with Crippen molar-refractivity contribution < 1.29 is 23.9 Å². The number of methoxy groups -OCH3 is 1. The average molecular weight is 421 g/mol. The second-order valence-corrected chi connectivity index (χ2v) is 7.77. The number of ether oxygens (including phenoxy) is 1. The third-order valence-electron chi connectivity index (χ3n) is 5.42. The van der Waals surface area contributed by atoms with Gasteiger partial charge in [-0.05, 0) is 61.7 Å². The third kappa shape index (κ3) is 4.14. The summed E-state index contributed by atoms with van der Waals surface area (Å²) < 4.78 is 4.66. The van der Waals surface area contributed by atoms with Crippen LogP contribution in [0.2, 0.25) is 0 Å². The lowest BCUT2D eigenvalue weighted by Gasteiger charge is -2.21. The molecule has 0 aromatic heterocycles. The second kappa shape index (κ2) is 8.22. The van der Waals surface area contributed by atoms with Crippen molar-refractivity contribution in [2.75, 3.05) is 17.3 Å². The summed E-state index contributed by atoms with van der Waals surface area (Å²) in [5, 5.41) is 2.73. The van der Waals surface area contributed by atoms with Gasteiger partial charge in [0.2, 0.25) is 5.91 Å². The fourth-order valence-corrected chi connectivity index (χ4v) is 3.76. The Morgan fingerprint density at radius 2 is 1.81 bits per heavy atom. The Hall–Kier alpha value is -3.68. The molecule has 1 aliphatic heterocycles. The van der Waals surface area contributed by atoms with Crippen molar-refractivity contribution in [1.29, 1.82) is 0 Å². The number of carbonyl (C=O) groups is 4. The van der Waals surface area contributed by atoms with Gasteiger partial charge in [-0.2, -0.15) is 0 Å². The molecular weight excluding hydrogens is 398 g/mol. The number of urea groups is 1. The van der Waals surface area contributed by atoms with E-state index in [1.165, 1.54) is 12.0 Å². The fourth-order valence-electron chi connectivity index (χ4n) is 3.76. The first-order chi connectivity index (χ1) is 14.9. The highest BCUT2D eigenvalue weighted by atomic mass is 16.5. The molecule has 1 saturated heterocycles. The van der Waals surface area contributed by atoms with Gasteiger partial charge in [0.15, 0.2) is 0 Å². The number of esters is 1. The van der Waals surface area contributed by atoms with Gasteiger partial charge in [0.1, 0.15) is 6.04 Å². The molecule has 160 valence electrons. The summed E-state index contributed by atoms with van der Waals surface area (Å²) in [5.41, 5.74) is 2.31. The zero-order valence-corrected chi connectivity index (χ0v) is 17.3. The summed E-state index contributed by atoms with van der Waals surface area (Å²) in [6.07, 6.45) is 1.52. The largest absolute Gasteiger partial charge is 0.465 e. The van der Waals surface area contributed by atoms with Crippen molar-refractivity contribution >= 4 is 35.2 Å². The molecule has 31 heavy (non-hydrogen) atoms. The van der Waals surface area contributed by atoms with E-state index in [9.17, 15) is 19.2 Å². The molecule has 1 N–H and O–H groups in total. The molecule has 0 radical (unpaired) electrons. The second-order valence-electron chi connectivity index (χ2n) is 7.77. The maximum atomic E-state index is 13.1. The smallest absolute Gasteiger partial charge is 0.337 e. The third-order valence-corrected chi connectivity index (χ3v) is 5.42. The van der Waals surface area contributed by atoms with Gasteiger partial charge in [-0.3, -0.25) is 9.59 Å². The summed E-state index contributed by atoms with van der Waals surface area (Å²) >= 11 is 0. The molecule has 1 atom stereocenters. The molecule has 8 heteroatoms. The van der Waals surface area contributed by atoms with Gasteiger partial charge in [-0.1, -0.05) is 12.1 Å². The molecule has 0 spiro atoms. The van der Waals surface area contributed by atoms with E-state index >= 15 is 0 Å². The number of carbonyl (C=O) groups excluding carboxylic acids is 4. The first-order valence-electron chi connectivity index (χ1n) is 10.1. The zero-order valence-electron chi connectivity index (χ0n) is 17.3. The normalized spacial score (nSPS) is 18.3. The number of aryl methyl sites for hydroxylation is 1. The predicted molar refractivity (Wildman–Crippen MR) is 114 cm³/mol. The Balaban J connectivity index is 1.49. The maximum Gasteiger partial charge on any atom is 0.337 e. The summed E-state index contributed by atoms with van der Waals surface area (Å²) in [5.74, 6) is -1.24. The van der Waals surface area contributed by atoms with Crippen molar-refractivity contribution in [2.24, 2.45) is 0 Å². The summed E-state index contributed by atoms with van der Waals surface area (Å²) in [6.45, 7) is 1.89. The van der Waals surface area contributed by atoms with Gasteiger partial charge in [0.25, 0.3) is 5.91 Å². The van der Waals surface area contributed by atoms with Gasteiger partial charge in [0, 0.05) is 11.7 Å². The minimum atomic E-state index is -0.838. The van der Waals surface area contributed by atoms with Crippen LogP contribution in [0.15, 0.2) is 48.5 Å². The Morgan fingerprint density at radius 1 is 1.10 bits per heavy atom. The number of imide groups is 1. The Morgan fingerprint density at radius 3 is 2.42 bits per heavy atom. The van der Waals surface area contributed by atoms with E-state index in [0.717, 1.165) is 18.4 Å². The van der Waals surface area contributed by atoms with Crippen LogP contribution in [-0.2, 0) is 14.3 Å². The van der Waals surface area contributed by atoms with Gasteiger partial charge in [-0.15, -0.1) is 0 Å². The standard InChI is InChI=1S/C23H23N3O5/c1-14-4-3-5-18(12-14)26-21(28)19(25(23(26)30)17-10-11-17)13-20(27)24-16-8-6-15(7-9-16)22(29)31-2/h3-9,12,17,19H,10-11,13H2,1-2H3,(H,24,27)/t19-/m1/s1. The first-order valence-corrected chi connectivity index (χ1v) is 10.1. The van der Waals surface area contributed by atoms with Crippen LogP contribution >= 0.6 is 0 Å². The lowest BCUT2D eigenvalue weighted by Crippen LogP contribution is -2.39. The number of amides is 4. The van der Waals surface area contributed by atoms with Crippen LogP contribution in [0, 0.1) is 6.92 Å². The van der Waals surface area contributed by atoms with E-state index in [-0.39, 0.29) is 24.4 Å². The van der Waals surface area contributed by atoms with Crippen LogP contribution in [0.3, 0.4) is 0 Å². The molecule has 0 bridgehead atoms. The molecule has 2 aliphatic rings. The van der Waals surface area contributed by atoms with Crippen molar-refractivity contribution in [3.63, 3.8) is 0 Å². The quantitative estimate of drug-likeness (QED) is 0.571. The van der Waals surface area contributed by atoms with Gasteiger partial charge in [-0.25, -0.2) is 14.5 Å². The molecule has 1 aliphatic carbocycles. The highest BCUT2D eigenvalue weighted by molar-refractivity contribution is 6.22. The minimum absolute atomic E-state index is 0.0107. The molecule has 2 fully saturated rings. The zero-order chi connectivity index (χ0) is 22.1. The van der Waals surface area contributed by atoms with E-state index in [1.54, 1.807) is 47.4 Å². The highest BCUT2D eigenvalue weighted by Gasteiger charge is 2.51. The van der Waals surface area contributed by atoms with Crippen molar-refractivity contribution in [2.45, 2.75) is 38.3 Å². The van der Waals surface area contributed by atoms with E-state index in [2.05, 4.69) is 10.1 Å². The molecule has 2 aromatic rings. The topological polar surface area (TPSA) is 96.0 Å². The molecule has 4 amide bonds.